The number of sulfone groups is 1. The third-order valence-corrected chi connectivity index (χ3v) is 4.44. The van der Waals surface area contributed by atoms with Gasteiger partial charge in [0.25, 0.3) is 0 Å². The Morgan fingerprint density at radius 2 is 2.05 bits per heavy atom. The molecule has 0 heterocycles. The fraction of sp³-hybridized carbons (Fsp3) is 0.571. The Labute approximate surface area is 119 Å². The van der Waals surface area contributed by atoms with Crippen molar-refractivity contribution in [3.05, 3.63) is 29.6 Å². The molecular formula is C14H22FNO3S. The summed E-state index contributed by atoms with van der Waals surface area (Å²) in [6.07, 6.45) is 2.47. The molecule has 1 rings (SSSR count). The van der Waals surface area contributed by atoms with Gasteiger partial charge >= 0.3 is 0 Å². The molecule has 0 saturated carbocycles. The number of halogens is 1. The molecule has 6 heteroatoms. The standard InChI is InChI=1S/C14H22FNO3S/c1-4-12(7-8-17)16-10(2)11-5-6-14(13(15)9-11)20(3,18)19/h5-6,9-10,12,16-17H,4,7-8H2,1-3H3. The van der Waals surface area contributed by atoms with Gasteiger partial charge in [0.1, 0.15) is 10.7 Å². The summed E-state index contributed by atoms with van der Waals surface area (Å²) in [5, 5.41) is 12.2. The minimum absolute atomic E-state index is 0.0968. The van der Waals surface area contributed by atoms with Crippen molar-refractivity contribution in [2.24, 2.45) is 0 Å². The van der Waals surface area contributed by atoms with Crippen LogP contribution in [-0.2, 0) is 9.84 Å². The van der Waals surface area contributed by atoms with Gasteiger partial charge in [0.15, 0.2) is 9.84 Å². The van der Waals surface area contributed by atoms with Gasteiger partial charge in [0.05, 0.1) is 0 Å². The highest BCUT2D eigenvalue weighted by molar-refractivity contribution is 7.90. The molecule has 0 aromatic heterocycles. The Kier molecular flexibility index (Phi) is 6.10. The molecule has 0 aliphatic heterocycles. The molecule has 0 bridgehead atoms. The zero-order valence-corrected chi connectivity index (χ0v) is 12.9. The number of hydrogen-bond donors (Lipinski definition) is 2. The van der Waals surface area contributed by atoms with Gasteiger partial charge in [0.2, 0.25) is 0 Å². The van der Waals surface area contributed by atoms with Crippen LogP contribution in [0.25, 0.3) is 0 Å². The van der Waals surface area contributed by atoms with Crippen molar-refractivity contribution in [1.29, 1.82) is 0 Å². The van der Waals surface area contributed by atoms with Gasteiger partial charge in [-0.1, -0.05) is 13.0 Å². The van der Waals surface area contributed by atoms with Crippen LogP contribution in [0.15, 0.2) is 23.1 Å². The number of benzene rings is 1. The number of aliphatic hydroxyl groups is 1. The fourth-order valence-electron chi connectivity index (χ4n) is 2.10. The van der Waals surface area contributed by atoms with E-state index in [-0.39, 0.29) is 23.6 Å². The summed E-state index contributed by atoms with van der Waals surface area (Å²) in [5.41, 5.74) is 0.686. The van der Waals surface area contributed by atoms with Crippen LogP contribution in [0, 0.1) is 5.82 Å². The van der Waals surface area contributed by atoms with Gasteiger partial charge in [-0.3, -0.25) is 0 Å². The third-order valence-electron chi connectivity index (χ3n) is 3.31. The summed E-state index contributed by atoms with van der Waals surface area (Å²) in [5.74, 6) is -0.728. The minimum atomic E-state index is -3.54. The zero-order chi connectivity index (χ0) is 15.3. The molecule has 1 aromatic carbocycles. The summed E-state index contributed by atoms with van der Waals surface area (Å²) in [7, 11) is -3.54. The molecule has 0 aliphatic rings. The predicted molar refractivity (Wildman–Crippen MR) is 76.8 cm³/mol. The van der Waals surface area contributed by atoms with Crippen LogP contribution in [0.4, 0.5) is 4.39 Å². The smallest absolute Gasteiger partial charge is 0.178 e. The first-order valence-corrected chi connectivity index (χ1v) is 8.55. The lowest BCUT2D eigenvalue weighted by Gasteiger charge is -2.22. The molecule has 0 amide bonds. The van der Waals surface area contributed by atoms with E-state index < -0.39 is 15.7 Å². The van der Waals surface area contributed by atoms with Crippen LogP contribution in [-0.4, -0.2) is 32.4 Å². The van der Waals surface area contributed by atoms with Crippen LogP contribution >= 0.6 is 0 Å². The first-order valence-electron chi connectivity index (χ1n) is 6.66. The molecule has 2 N–H and O–H groups in total. The molecular weight excluding hydrogens is 281 g/mol. The summed E-state index contributed by atoms with van der Waals surface area (Å²) in [4.78, 5) is -0.282. The van der Waals surface area contributed by atoms with Gasteiger partial charge in [-0.2, -0.15) is 0 Å². The normalized spacial score (nSPS) is 15.1. The van der Waals surface area contributed by atoms with Crippen molar-refractivity contribution >= 4 is 9.84 Å². The van der Waals surface area contributed by atoms with Crippen LogP contribution in [0.3, 0.4) is 0 Å². The lowest BCUT2D eigenvalue weighted by molar-refractivity contribution is 0.257. The number of aliphatic hydroxyl groups excluding tert-OH is 1. The van der Waals surface area contributed by atoms with Crippen molar-refractivity contribution < 1.29 is 17.9 Å². The Morgan fingerprint density at radius 3 is 2.50 bits per heavy atom. The second-order valence-electron chi connectivity index (χ2n) is 4.97. The van der Waals surface area contributed by atoms with Gasteiger partial charge < -0.3 is 10.4 Å². The molecule has 0 aliphatic carbocycles. The molecule has 4 nitrogen and oxygen atoms in total. The quantitative estimate of drug-likeness (QED) is 0.809. The highest BCUT2D eigenvalue weighted by Gasteiger charge is 2.17. The Morgan fingerprint density at radius 1 is 1.40 bits per heavy atom. The maximum absolute atomic E-state index is 13.8. The van der Waals surface area contributed by atoms with E-state index in [9.17, 15) is 12.8 Å². The molecule has 114 valence electrons. The van der Waals surface area contributed by atoms with Crippen LogP contribution in [0.5, 0.6) is 0 Å². The average Bonchev–Trinajstić information content (AvgIpc) is 2.36. The molecule has 20 heavy (non-hydrogen) atoms. The molecule has 0 fully saturated rings. The van der Waals surface area contributed by atoms with E-state index in [1.165, 1.54) is 12.1 Å². The first kappa shape index (κ1) is 17.1. The Bertz CT molecular complexity index is 545. The van der Waals surface area contributed by atoms with Gasteiger partial charge in [0, 0.05) is 24.9 Å². The van der Waals surface area contributed by atoms with Crippen LogP contribution < -0.4 is 5.32 Å². The van der Waals surface area contributed by atoms with E-state index >= 15 is 0 Å². The van der Waals surface area contributed by atoms with E-state index in [1.807, 2.05) is 13.8 Å². The highest BCUT2D eigenvalue weighted by atomic mass is 32.2. The highest BCUT2D eigenvalue weighted by Crippen LogP contribution is 2.21. The van der Waals surface area contributed by atoms with E-state index in [0.29, 0.717) is 12.0 Å². The van der Waals surface area contributed by atoms with Crippen LogP contribution in [0.1, 0.15) is 38.3 Å². The van der Waals surface area contributed by atoms with Crippen molar-refractivity contribution in [2.45, 2.75) is 43.7 Å². The topological polar surface area (TPSA) is 66.4 Å². The molecule has 0 radical (unpaired) electrons. The fourth-order valence-corrected chi connectivity index (χ4v) is 2.83. The summed E-state index contributed by atoms with van der Waals surface area (Å²) >= 11 is 0. The molecule has 2 unspecified atom stereocenters. The Balaban J connectivity index is 2.90. The lowest BCUT2D eigenvalue weighted by atomic mass is 10.1. The van der Waals surface area contributed by atoms with Gasteiger partial charge in [-0.05, 0) is 37.5 Å². The first-order chi connectivity index (χ1) is 9.29. The summed E-state index contributed by atoms with van der Waals surface area (Å²) in [6, 6.07) is 4.19. The van der Waals surface area contributed by atoms with E-state index in [4.69, 9.17) is 5.11 Å². The van der Waals surface area contributed by atoms with E-state index in [0.717, 1.165) is 12.7 Å². The maximum Gasteiger partial charge on any atom is 0.178 e. The minimum Gasteiger partial charge on any atom is -0.396 e. The Hall–Kier alpha value is -0.980. The van der Waals surface area contributed by atoms with Gasteiger partial charge in [-0.25, -0.2) is 12.8 Å². The van der Waals surface area contributed by atoms with Crippen molar-refractivity contribution in [3.63, 3.8) is 0 Å². The summed E-state index contributed by atoms with van der Waals surface area (Å²) in [6.45, 7) is 3.99. The number of hydrogen-bond acceptors (Lipinski definition) is 4. The van der Waals surface area contributed by atoms with E-state index in [1.54, 1.807) is 6.07 Å². The molecule has 2 atom stereocenters. The number of rotatable bonds is 7. The van der Waals surface area contributed by atoms with Gasteiger partial charge in [-0.15, -0.1) is 0 Å². The van der Waals surface area contributed by atoms with Crippen LogP contribution in [0.2, 0.25) is 0 Å². The maximum atomic E-state index is 13.8. The average molecular weight is 303 g/mol. The molecule has 0 saturated heterocycles. The SMILES string of the molecule is CCC(CCO)NC(C)c1ccc(S(C)(=O)=O)c(F)c1. The second-order valence-corrected chi connectivity index (χ2v) is 6.95. The third kappa shape index (κ3) is 4.54. The van der Waals surface area contributed by atoms with Crippen molar-refractivity contribution in [1.82, 2.24) is 5.32 Å². The molecule has 1 aromatic rings. The number of nitrogens with one attached hydrogen (secondary N) is 1. The van der Waals surface area contributed by atoms with E-state index in [2.05, 4.69) is 5.32 Å². The monoisotopic (exact) mass is 303 g/mol. The zero-order valence-electron chi connectivity index (χ0n) is 12.1. The largest absolute Gasteiger partial charge is 0.396 e. The van der Waals surface area contributed by atoms with Crippen molar-refractivity contribution in [3.8, 4) is 0 Å². The molecule has 0 spiro atoms. The second kappa shape index (κ2) is 7.15. The lowest BCUT2D eigenvalue weighted by Crippen LogP contribution is -2.31. The predicted octanol–water partition coefficient (Wildman–Crippen LogP) is 2.04. The van der Waals surface area contributed by atoms with Crippen molar-refractivity contribution in [2.75, 3.05) is 12.9 Å². The summed E-state index contributed by atoms with van der Waals surface area (Å²) < 4.78 is 36.5.